The molecule has 0 fully saturated rings. The summed E-state index contributed by atoms with van der Waals surface area (Å²) in [5, 5.41) is 2.65. The van der Waals surface area contributed by atoms with Crippen molar-refractivity contribution in [3.05, 3.63) is 58.6 Å². The van der Waals surface area contributed by atoms with Crippen molar-refractivity contribution in [1.29, 1.82) is 0 Å². The third kappa shape index (κ3) is 4.37. The molecular formula is C16H15ClN2O4. The number of primary amides is 1. The summed E-state index contributed by atoms with van der Waals surface area (Å²) in [6.45, 7) is 0.126. The molecule has 7 heteroatoms. The highest BCUT2D eigenvalue weighted by Gasteiger charge is 2.15. The number of methoxy groups -OCH3 is 1. The molecule has 2 aromatic carbocycles. The number of ether oxygens (including phenoxy) is 2. The van der Waals surface area contributed by atoms with E-state index in [-0.39, 0.29) is 28.6 Å². The lowest BCUT2D eigenvalue weighted by Crippen LogP contribution is -2.16. The number of rotatable bonds is 5. The number of carbonyl (C=O) groups excluding carboxylic acids is 2. The fourth-order valence-electron chi connectivity index (χ4n) is 1.88. The van der Waals surface area contributed by atoms with Gasteiger partial charge in [0, 0.05) is 6.07 Å². The second-order valence-electron chi connectivity index (χ2n) is 4.58. The maximum Gasteiger partial charge on any atom is 0.412 e. The van der Waals surface area contributed by atoms with Gasteiger partial charge in [0.25, 0.3) is 5.91 Å². The molecule has 0 aromatic heterocycles. The molecule has 0 aliphatic carbocycles. The molecule has 2 amide bonds. The molecule has 120 valence electrons. The monoisotopic (exact) mass is 334 g/mol. The van der Waals surface area contributed by atoms with Crippen LogP contribution in [0.1, 0.15) is 15.9 Å². The highest BCUT2D eigenvalue weighted by Crippen LogP contribution is 2.30. The number of hydrogen-bond donors (Lipinski definition) is 2. The SMILES string of the molecule is COc1cc(NC(=O)OCc2ccccc2)c(Cl)cc1C(N)=O. The molecule has 3 N–H and O–H groups in total. The zero-order valence-corrected chi connectivity index (χ0v) is 13.1. The summed E-state index contributed by atoms with van der Waals surface area (Å²) >= 11 is 6.03. The number of halogens is 1. The van der Waals surface area contributed by atoms with Crippen molar-refractivity contribution in [2.24, 2.45) is 5.73 Å². The van der Waals surface area contributed by atoms with E-state index in [0.717, 1.165) is 5.56 Å². The molecule has 0 atom stereocenters. The van der Waals surface area contributed by atoms with E-state index >= 15 is 0 Å². The predicted molar refractivity (Wildman–Crippen MR) is 86.8 cm³/mol. The summed E-state index contributed by atoms with van der Waals surface area (Å²) in [6, 6.07) is 12.0. The minimum Gasteiger partial charge on any atom is -0.496 e. The van der Waals surface area contributed by atoms with Crippen molar-refractivity contribution in [3.8, 4) is 5.75 Å². The molecular weight excluding hydrogens is 320 g/mol. The molecule has 2 aromatic rings. The largest absolute Gasteiger partial charge is 0.496 e. The van der Waals surface area contributed by atoms with Gasteiger partial charge in [-0.05, 0) is 11.6 Å². The quantitative estimate of drug-likeness (QED) is 0.878. The molecule has 0 radical (unpaired) electrons. The van der Waals surface area contributed by atoms with E-state index in [2.05, 4.69) is 5.32 Å². The molecule has 0 aliphatic rings. The van der Waals surface area contributed by atoms with E-state index in [9.17, 15) is 9.59 Å². The van der Waals surface area contributed by atoms with Crippen molar-refractivity contribution in [1.82, 2.24) is 0 Å². The smallest absolute Gasteiger partial charge is 0.412 e. The van der Waals surface area contributed by atoms with Crippen molar-refractivity contribution < 1.29 is 19.1 Å². The Hall–Kier alpha value is -2.73. The first-order chi connectivity index (χ1) is 11.0. The molecule has 0 heterocycles. The van der Waals surface area contributed by atoms with Gasteiger partial charge in [0.05, 0.1) is 23.4 Å². The van der Waals surface area contributed by atoms with Crippen LogP contribution in [0, 0.1) is 0 Å². The summed E-state index contributed by atoms with van der Waals surface area (Å²) in [4.78, 5) is 23.1. The third-order valence-electron chi connectivity index (χ3n) is 3.00. The number of carbonyl (C=O) groups is 2. The molecule has 23 heavy (non-hydrogen) atoms. The van der Waals surface area contributed by atoms with E-state index in [1.807, 2.05) is 30.3 Å². The molecule has 2 rings (SSSR count). The van der Waals surface area contributed by atoms with Crippen LogP contribution >= 0.6 is 11.6 Å². The average molecular weight is 335 g/mol. The zero-order valence-electron chi connectivity index (χ0n) is 12.3. The van der Waals surface area contributed by atoms with Gasteiger partial charge < -0.3 is 15.2 Å². The summed E-state index contributed by atoms with van der Waals surface area (Å²) in [5.41, 5.74) is 6.47. The van der Waals surface area contributed by atoms with Gasteiger partial charge in [0.1, 0.15) is 12.4 Å². The molecule has 0 aliphatic heterocycles. The van der Waals surface area contributed by atoms with E-state index in [0.29, 0.717) is 0 Å². The van der Waals surface area contributed by atoms with Crippen molar-refractivity contribution in [2.45, 2.75) is 6.61 Å². The number of nitrogens with one attached hydrogen (secondary N) is 1. The molecule has 6 nitrogen and oxygen atoms in total. The van der Waals surface area contributed by atoms with Gasteiger partial charge in [-0.1, -0.05) is 41.9 Å². The zero-order chi connectivity index (χ0) is 16.8. The number of benzene rings is 2. The van der Waals surface area contributed by atoms with Crippen molar-refractivity contribution >= 4 is 29.3 Å². The van der Waals surface area contributed by atoms with Gasteiger partial charge in [-0.25, -0.2) is 4.79 Å². The Morgan fingerprint density at radius 2 is 1.91 bits per heavy atom. The van der Waals surface area contributed by atoms with Gasteiger partial charge in [-0.15, -0.1) is 0 Å². The van der Waals surface area contributed by atoms with E-state index in [1.54, 1.807) is 0 Å². The molecule has 0 spiro atoms. The van der Waals surface area contributed by atoms with Crippen LogP contribution in [0.4, 0.5) is 10.5 Å². The Bertz CT molecular complexity index is 720. The van der Waals surface area contributed by atoms with Gasteiger partial charge in [0.15, 0.2) is 0 Å². The normalized spacial score (nSPS) is 10.0. The topological polar surface area (TPSA) is 90.7 Å². The number of amides is 2. The standard InChI is InChI=1S/C16H15ClN2O4/c1-22-14-8-13(12(17)7-11(14)15(18)20)19-16(21)23-9-10-5-3-2-4-6-10/h2-8H,9H2,1H3,(H2,18,20)(H,19,21). The Morgan fingerprint density at radius 1 is 1.22 bits per heavy atom. The number of nitrogens with two attached hydrogens (primary N) is 1. The number of anilines is 1. The molecule has 0 bridgehead atoms. The predicted octanol–water partition coefficient (Wildman–Crippen LogP) is 3.20. The van der Waals surface area contributed by atoms with Gasteiger partial charge in [-0.2, -0.15) is 0 Å². The van der Waals surface area contributed by atoms with Gasteiger partial charge in [0.2, 0.25) is 0 Å². The highest BCUT2D eigenvalue weighted by atomic mass is 35.5. The van der Waals surface area contributed by atoms with Crippen LogP contribution < -0.4 is 15.8 Å². The minimum atomic E-state index is -0.679. The van der Waals surface area contributed by atoms with Crippen LogP contribution in [-0.4, -0.2) is 19.1 Å². The van der Waals surface area contributed by atoms with Gasteiger partial charge >= 0.3 is 6.09 Å². The number of hydrogen-bond acceptors (Lipinski definition) is 4. The second kappa shape index (κ2) is 7.51. The van der Waals surface area contributed by atoms with E-state index in [1.165, 1.54) is 19.2 Å². The lowest BCUT2D eigenvalue weighted by molar-refractivity contribution is 0.0997. The fraction of sp³-hybridized carbons (Fsp3) is 0.125. The Labute approximate surface area is 138 Å². The summed E-state index contributed by atoms with van der Waals surface area (Å²) in [5.74, 6) is -0.470. The van der Waals surface area contributed by atoms with Crippen molar-refractivity contribution in [2.75, 3.05) is 12.4 Å². The first-order valence-corrected chi connectivity index (χ1v) is 7.04. The highest BCUT2D eigenvalue weighted by molar-refractivity contribution is 6.34. The van der Waals surface area contributed by atoms with Crippen LogP contribution in [0.25, 0.3) is 0 Å². The summed E-state index contributed by atoms with van der Waals surface area (Å²) in [6.07, 6.45) is -0.676. The lowest BCUT2D eigenvalue weighted by atomic mass is 10.1. The molecule has 0 saturated carbocycles. The maximum absolute atomic E-state index is 11.8. The van der Waals surface area contributed by atoms with Crippen LogP contribution in [0.2, 0.25) is 5.02 Å². The Balaban J connectivity index is 2.07. The molecule has 0 unspecified atom stereocenters. The summed E-state index contributed by atoms with van der Waals surface area (Å²) in [7, 11) is 1.38. The summed E-state index contributed by atoms with van der Waals surface area (Å²) < 4.78 is 10.2. The third-order valence-corrected chi connectivity index (χ3v) is 3.32. The van der Waals surface area contributed by atoms with E-state index < -0.39 is 12.0 Å². The van der Waals surface area contributed by atoms with Gasteiger partial charge in [-0.3, -0.25) is 10.1 Å². The van der Waals surface area contributed by atoms with Crippen LogP contribution in [0.3, 0.4) is 0 Å². The Kier molecular flexibility index (Phi) is 5.43. The van der Waals surface area contributed by atoms with Crippen molar-refractivity contribution in [3.63, 3.8) is 0 Å². The lowest BCUT2D eigenvalue weighted by Gasteiger charge is -2.12. The second-order valence-corrected chi connectivity index (χ2v) is 4.99. The van der Waals surface area contributed by atoms with Crippen LogP contribution in [0.15, 0.2) is 42.5 Å². The minimum absolute atomic E-state index is 0.126. The van der Waals surface area contributed by atoms with Crippen LogP contribution in [-0.2, 0) is 11.3 Å². The average Bonchev–Trinajstić information content (AvgIpc) is 2.55. The maximum atomic E-state index is 11.8. The van der Waals surface area contributed by atoms with Crippen LogP contribution in [0.5, 0.6) is 5.75 Å². The first-order valence-electron chi connectivity index (χ1n) is 6.66. The molecule has 0 saturated heterocycles. The van der Waals surface area contributed by atoms with E-state index in [4.69, 9.17) is 26.8 Å². The Morgan fingerprint density at radius 3 is 2.52 bits per heavy atom. The fourth-order valence-corrected chi connectivity index (χ4v) is 2.09. The first kappa shape index (κ1) is 16.6.